The number of nitrogens with zero attached hydrogens (tertiary/aromatic N) is 1. The number of nitrogens with one attached hydrogen (secondary N) is 2. The summed E-state index contributed by atoms with van der Waals surface area (Å²) in [4.78, 5) is 26.2. The predicted octanol–water partition coefficient (Wildman–Crippen LogP) is 0.798. The van der Waals surface area contributed by atoms with Crippen molar-refractivity contribution >= 4 is 24.2 Å². The molecule has 0 bridgehead atoms. The second kappa shape index (κ2) is 8.70. The van der Waals surface area contributed by atoms with Crippen molar-refractivity contribution in [1.29, 1.82) is 0 Å². The van der Waals surface area contributed by atoms with Crippen LogP contribution in [0.1, 0.15) is 33.6 Å². The Morgan fingerprint density at radius 2 is 1.82 bits per heavy atom. The Labute approximate surface area is 139 Å². The molecule has 0 aromatic carbocycles. The SMILES string of the molecule is COCC1(C(=O)N(C)CC(=O)NC(C)(C)C)CCNCC1.Cl. The summed E-state index contributed by atoms with van der Waals surface area (Å²) in [5.74, 6) is -0.144. The monoisotopic (exact) mass is 335 g/mol. The van der Waals surface area contributed by atoms with Crippen LogP contribution >= 0.6 is 12.4 Å². The molecule has 22 heavy (non-hydrogen) atoms. The molecule has 6 nitrogen and oxygen atoms in total. The fraction of sp³-hybridized carbons (Fsp3) is 0.867. The van der Waals surface area contributed by atoms with Crippen molar-refractivity contribution < 1.29 is 14.3 Å². The van der Waals surface area contributed by atoms with Crippen molar-refractivity contribution in [2.75, 3.05) is 40.4 Å². The first-order chi connectivity index (χ1) is 9.70. The Morgan fingerprint density at radius 1 is 1.27 bits per heavy atom. The van der Waals surface area contributed by atoms with Gasteiger partial charge in [0.15, 0.2) is 0 Å². The van der Waals surface area contributed by atoms with Crippen LogP contribution in [0.4, 0.5) is 0 Å². The summed E-state index contributed by atoms with van der Waals surface area (Å²) in [6.07, 6.45) is 1.48. The van der Waals surface area contributed by atoms with Gasteiger partial charge in [-0.1, -0.05) is 0 Å². The number of carbonyl (C=O) groups is 2. The van der Waals surface area contributed by atoms with Gasteiger partial charge in [0, 0.05) is 19.7 Å². The van der Waals surface area contributed by atoms with E-state index in [-0.39, 0.29) is 36.3 Å². The average molecular weight is 336 g/mol. The maximum absolute atomic E-state index is 12.7. The van der Waals surface area contributed by atoms with E-state index >= 15 is 0 Å². The van der Waals surface area contributed by atoms with Crippen LogP contribution in [0, 0.1) is 5.41 Å². The van der Waals surface area contributed by atoms with E-state index in [2.05, 4.69) is 10.6 Å². The molecule has 0 aromatic heterocycles. The van der Waals surface area contributed by atoms with Crippen LogP contribution in [0.5, 0.6) is 0 Å². The normalized spacial score (nSPS) is 17.3. The lowest BCUT2D eigenvalue weighted by molar-refractivity contribution is -0.148. The Balaban J connectivity index is 0.00000441. The molecule has 0 radical (unpaired) electrons. The average Bonchev–Trinajstić information content (AvgIpc) is 2.36. The van der Waals surface area contributed by atoms with Gasteiger partial charge >= 0.3 is 0 Å². The number of rotatable bonds is 5. The summed E-state index contributed by atoms with van der Waals surface area (Å²) in [6, 6.07) is 0. The van der Waals surface area contributed by atoms with Crippen molar-refractivity contribution in [3.05, 3.63) is 0 Å². The molecule has 1 rings (SSSR count). The lowest BCUT2D eigenvalue weighted by Gasteiger charge is -2.38. The van der Waals surface area contributed by atoms with Gasteiger partial charge in [0.2, 0.25) is 11.8 Å². The molecular weight excluding hydrogens is 306 g/mol. The number of carbonyl (C=O) groups excluding carboxylic acids is 2. The van der Waals surface area contributed by atoms with Crippen molar-refractivity contribution in [2.24, 2.45) is 5.41 Å². The highest BCUT2D eigenvalue weighted by atomic mass is 35.5. The number of methoxy groups -OCH3 is 1. The molecule has 7 heteroatoms. The third-order valence-corrected chi connectivity index (χ3v) is 3.68. The third kappa shape index (κ3) is 6.10. The number of hydrogen-bond acceptors (Lipinski definition) is 4. The van der Waals surface area contributed by atoms with E-state index in [0.717, 1.165) is 25.9 Å². The molecule has 0 unspecified atom stereocenters. The molecule has 0 aliphatic carbocycles. The molecule has 0 atom stereocenters. The van der Waals surface area contributed by atoms with E-state index in [0.29, 0.717) is 6.61 Å². The molecule has 0 saturated carbocycles. The number of piperidine rings is 1. The molecule has 1 heterocycles. The molecule has 1 aliphatic rings. The molecule has 130 valence electrons. The number of ether oxygens (including phenoxy) is 1. The van der Waals surface area contributed by atoms with Gasteiger partial charge in [0.25, 0.3) is 0 Å². The molecule has 2 amide bonds. The highest BCUT2D eigenvalue weighted by Crippen LogP contribution is 2.31. The van der Waals surface area contributed by atoms with Crippen LogP contribution in [-0.4, -0.2) is 62.7 Å². The Kier molecular flexibility index (Phi) is 8.36. The third-order valence-electron chi connectivity index (χ3n) is 3.68. The van der Waals surface area contributed by atoms with E-state index in [9.17, 15) is 9.59 Å². The van der Waals surface area contributed by atoms with Crippen LogP contribution in [0.25, 0.3) is 0 Å². The Bertz CT molecular complexity index is 371. The number of amides is 2. The first-order valence-corrected chi connectivity index (χ1v) is 7.46. The molecule has 2 N–H and O–H groups in total. The van der Waals surface area contributed by atoms with Crippen LogP contribution in [0.3, 0.4) is 0 Å². The van der Waals surface area contributed by atoms with Crippen LogP contribution < -0.4 is 10.6 Å². The highest BCUT2D eigenvalue weighted by Gasteiger charge is 2.41. The molecular formula is C15H30ClN3O3. The van der Waals surface area contributed by atoms with E-state index in [4.69, 9.17) is 4.74 Å². The fourth-order valence-corrected chi connectivity index (χ4v) is 2.75. The minimum atomic E-state index is -0.503. The zero-order valence-corrected chi connectivity index (χ0v) is 15.1. The maximum atomic E-state index is 12.7. The molecule has 1 saturated heterocycles. The molecule has 0 aromatic rings. The summed E-state index contributed by atoms with van der Waals surface area (Å²) in [5, 5.41) is 6.13. The highest BCUT2D eigenvalue weighted by molar-refractivity contribution is 5.88. The Hall–Kier alpha value is -0.850. The van der Waals surface area contributed by atoms with Gasteiger partial charge in [0.1, 0.15) is 0 Å². The van der Waals surface area contributed by atoms with Gasteiger partial charge in [-0.25, -0.2) is 0 Å². The number of halogens is 1. The van der Waals surface area contributed by atoms with Gasteiger partial charge in [-0.15, -0.1) is 12.4 Å². The van der Waals surface area contributed by atoms with Crippen LogP contribution in [0.15, 0.2) is 0 Å². The fourth-order valence-electron chi connectivity index (χ4n) is 2.75. The van der Waals surface area contributed by atoms with Crippen molar-refractivity contribution in [2.45, 2.75) is 39.2 Å². The summed E-state index contributed by atoms with van der Waals surface area (Å²) >= 11 is 0. The van der Waals surface area contributed by atoms with E-state index < -0.39 is 5.41 Å². The minimum Gasteiger partial charge on any atom is -0.384 e. The zero-order valence-electron chi connectivity index (χ0n) is 14.3. The van der Waals surface area contributed by atoms with Gasteiger partial charge in [0.05, 0.1) is 18.6 Å². The molecule has 0 spiro atoms. The van der Waals surface area contributed by atoms with E-state index in [1.165, 1.54) is 4.90 Å². The van der Waals surface area contributed by atoms with E-state index in [1.54, 1.807) is 14.2 Å². The number of likely N-dealkylation sites (N-methyl/N-ethyl adjacent to an activating group) is 1. The minimum absolute atomic E-state index is 0. The van der Waals surface area contributed by atoms with Gasteiger partial charge in [-0.2, -0.15) is 0 Å². The Morgan fingerprint density at radius 3 is 2.27 bits per heavy atom. The van der Waals surface area contributed by atoms with E-state index in [1.807, 2.05) is 20.8 Å². The predicted molar refractivity (Wildman–Crippen MR) is 89.2 cm³/mol. The first-order valence-electron chi connectivity index (χ1n) is 7.46. The van der Waals surface area contributed by atoms with Crippen molar-refractivity contribution in [3.63, 3.8) is 0 Å². The summed E-state index contributed by atoms with van der Waals surface area (Å²) in [5.41, 5.74) is -0.795. The molecule has 1 fully saturated rings. The zero-order chi connectivity index (χ0) is 16.1. The second-order valence-electron chi connectivity index (χ2n) is 6.92. The van der Waals surface area contributed by atoms with Gasteiger partial charge in [-0.05, 0) is 46.7 Å². The van der Waals surface area contributed by atoms with Gasteiger partial charge in [-0.3, -0.25) is 9.59 Å². The smallest absolute Gasteiger partial charge is 0.240 e. The van der Waals surface area contributed by atoms with Gasteiger partial charge < -0.3 is 20.3 Å². The largest absolute Gasteiger partial charge is 0.384 e. The quantitative estimate of drug-likeness (QED) is 0.779. The first kappa shape index (κ1) is 21.1. The van der Waals surface area contributed by atoms with Crippen LogP contribution in [-0.2, 0) is 14.3 Å². The topological polar surface area (TPSA) is 70.7 Å². The van der Waals surface area contributed by atoms with Crippen molar-refractivity contribution in [3.8, 4) is 0 Å². The number of hydrogen-bond donors (Lipinski definition) is 2. The van der Waals surface area contributed by atoms with Crippen molar-refractivity contribution in [1.82, 2.24) is 15.5 Å². The van der Waals surface area contributed by atoms with Crippen LogP contribution in [0.2, 0.25) is 0 Å². The lowest BCUT2D eigenvalue weighted by atomic mass is 9.78. The standard InChI is InChI=1S/C15H29N3O3.ClH/c1-14(2,3)17-12(19)10-18(4)13(20)15(11-21-5)6-8-16-9-7-15;/h16H,6-11H2,1-5H3,(H,17,19);1H. The molecule has 1 aliphatic heterocycles. The summed E-state index contributed by atoms with van der Waals surface area (Å²) < 4.78 is 5.27. The maximum Gasteiger partial charge on any atom is 0.240 e. The second-order valence-corrected chi connectivity index (χ2v) is 6.92. The summed E-state index contributed by atoms with van der Waals surface area (Å²) in [7, 11) is 3.30. The lowest BCUT2D eigenvalue weighted by Crippen LogP contribution is -2.53. The summed E-state index contributed by atoms with van der Waals surface area (Å²) in [6.45, 7) is 7.85.